The Balaban J connectivity index is 2.32. The third-order valence-corrected chi connectivity index (χ3v) is 1.82. The molecule has 1 aromatic rings. The number of rotatable bonds is 4. The minimum Gasteiger partial charge on any atom is -0.475 e. The van der Waals surface area contributed by atoms with Gasteiger partial charge < -0.3 is 9.84 Å². The molecule has 11 heavy (non-hydrogen) atoms. The zero-order valence-corrected chi connectivity index (χ0v) is 7.23. The molecule has 0 aliphatic heterocycles. The number of hydrogen-bond donors (Lipinski definition) is 1. The summed E-state index contributed by atoms with van der Waals surface area (Å²) < 4.78 is 12.5. The fourth-order valence-electron chi connectivity index (χ4n) is 0.489. The molecule has 6 heteroatoms. The second-order valence-corrected chi connectivity index (χ2v) is 2.67. The molecule has 0 radical (unpaired) electrons. The number of aromatic nitrogens is 2. The van der Waals surface area contributed by atoms with E-state index in [1.807, 2.05) is 0 Å². The van der Waals surface area contributed by atoms with Crippen molar-refractivity contribution >= 4 is 23.3 Å². The maximum absolute atomic E-state index is 8.42. The summed E-state index contributed by atoms with van der Waals surface area (Å²) in [5.74, 6) is 0.352. The highest BCUT2D eigenvalue weighted by Gasteiger charge is 2.04. The molecule has 0 aliphatic rings. The van der Waals surface area contributed by atoms with E-state index in [2.05, 4.69) is 8.75 Å². The summed E-state index contributed by atoms with van der Waals surface area (Å²) in [6.07, 6.45) is 0.577. The SMILES string of the molecule is OCCCOc1nsnc1Cl. The third-order valence-electron chi connectivity index (χ3n) is 0.962. The first kappa shape index (κ1) is 8.70. The molecule has 4 nitrogen and oxygen atoms in total. The number of aliphatic hydroxyl groups excluding tert-OH is 1. The normalized spacial score (nSPS) is 10.0. The summed E-state index contributed by atoms with van der Waals surface area (Å²) in [4.78, 5) is 0. The Kier molecular flexibility index (Phi) is 3.55. The molecule has 1 rings (SSSR count). The van der Waals surface area contributed by atoms with Crippen LogP contribution in [0.5, 0.6) is 5.88 Å². The van der Waals surface area contributed by atoms with E-state index < -0.39 is 0 Å². The van der Waals surface area contributed by atoms with Gasteiger partial charge in [-0.25, -0.2) is 0 Å². The Morgan fingerprint density at radius 3 is 2.91 bits per heavy atom. The van der Waals surface area contributed by atoms with E-state index in [-0.39, 0.29) is 11.8 Å². The first-order valence-corrected chi connectivity index (χ1v) is 4.17. The molecule has 0 saturated heterocycles. The number of aliphatic hydroxyl groups is 1. The maximum Gasteiger partial charge on any atom is 0.265 e. The van der Waals surface area contributed by atoms with Crippen LogP contribution in [-0.4, -0.2) is 27.1 Å². The van der Waals surface area contributed by atoms with Crippen molar-refractivity contribution in [3.63, 3.8) is 0 Å². The van der Waals surface area contributed by atoms with Crippen LogP contribution in [0.2, 0.25) is 5.15 Å². The second kappa shape index (κ2) is 4.48. The van der Waals surface area contributed by atoms with Crippen molar-refractivity contribution in [2.75, 3.05) is 13.2 Å². The smallest absolute Gasteiger partial charge is 0.265 e. The molecular formula is C5H7ClN2O2S. The molecule has 1 aromatic heterocycles. The lowest BCUT2D eigenvalue weighted by atomic mass is 10.5. The Labute approximate surface area is 73.1 Å². The molecule has 1 heterocycles. The lowest BCUT2D eigenvalue weighted by molar-refractivity contribution is 0.230. The zero-order chi connectivity index (χ0) is 8.10. The van der Waals surface area contributed by atoms with Gasteiger partial charge in [0.15, 0.2) is 0 Å². The van der Waals surface area contributed by atoms with Crippen LogP contribution in [0.15, 0.2) is 0 Å². The molecular weight excluding hydrogens is 188 g/mol. The Morgan fingerprint density at radius 2 is 2.36 bits per heavy atom. The van der Waals surface area contributed by atoms with Crippen molar-refractivity contribution < 1.29 is 9.84 Å². The van der Waals surface area contributed by atoms with Gasteiger partial charge in [-0.2, -0.15) is 4.37 Å². The maximum atomic E-state index is 8.42. The standard InChI is InChI=1S/C5H7ClN2O2S/c6-4-5(8-11-7-4)10-3-1-2-9/h9H,1-3H2. The van der Waals surface area contributed by atoms with Crippen LogP contribution in [0.4, 0.5) is 0 Å². The third kappa shape index (κ3) is 2.61. The van der Waals surface area contributed by atoms with Crippen LogP contribution in [0.1, 0.15) is 6.42 Å². The molecule has 62 valence electrons. The van der Waals surface area contributed by atoms with E-state index in [0.717, 1.165) is 11.7 Å². The monoisotopic (exact) mass is 194 g/mol. The van der Waals surface area contributed by atoms with Crippen molar-refractivity contribution in [1.82, 2.24) is 8.75 Å². The first-order valence-electron chi connectivity index (χ1n) is 3.06. The fourth-order valence-corrected chi connectivity index (χ4v) is 1.13. The van der Waals surface area contributed by atoms with Crippen LogP contribution >= 0.6 is 23.3 Å². The van der Waals surface area contributed by atoms with Gasteiger partial charge in [0.2, 0.25) is 5.15 Å². The predicted octanol–water partition coefficient (Wildman–Crippen LogP) is 0.953. The number of halogens is 1. The highest BCUT2D eigenvalue weighted by atomic mass is 35.5. The van der Waals surface area contributed by atoms with Gasteiger partial charge in [-0.1, -0.05) is 11.6 Å². The summed E-state index contributed by atoms with van der Waals surface area (Å²) in [5.41, 5.74) is 0. The summed E-state index contributed by atoms with van der Waals surface area (Å²) in [7, 11) is 0. The van der Waals surface area contributed by atoms with Crippen molar-refractivity contribution in [2.24, 2.45) is 0 Å². The van der Waals surface area contributed by atoms with Crippen molar-refractivity contribution in [3.8, 4) is 5.88 Å². The molecule has 0 fully saturated rings. The summed E-state index contributed by atoms with van der Waals surface area (Å²) >= 11 is 6.57. The number of hydrogen-bond acceptors (Lipinski definition) is 5. The molecule has 0 aromatic carbocycles. The minimum absolute atomic E-state index is 0.106. The lowest BCUT2D eigenvalue weighted by Crippen LogP contribution is -1.99. The minimum atomic E-state index is 0.106. The van der Waals surface area contributed by atoms with E-state index in [9.17, 15) is 0 Å². The molecule has 0 bridgehead atoms. The molecule has 0 unspecified atom stereocenters. The van der Waals surface area contributed by atoms with Crippen molar-refractivity contribution in [3.05, 3.63) is 5.15 Å². The van der Waals surface area contributed by atoms with E-state index in [4.69, 9.17) is 21.4 Å². The Morgan fingerprint density at radius 1 is 1.55 bits per heavy atom. The lowest BCUT2D eigenvalue weighted by Gasteiger charge is -1.98. The van der Waals surface area contributed by atoms with Gasteiger partial charge in [-0.3, -0.25) is 0 Å². The van der Waals surface area contributed by atoms with E-state index in [0.29, 0.717) is 18.9 Å². The second-order valence-electron chi connectivity index (χ2n) is 1.79. The summed E-state index contributed by atoms with van der Waals surface area (Å²) in [6, 6.07) is 0. The van der Waals surface area contributed by atoms with Crippen LogP contribution in [0.3, 0.4) is 0 Å². The van der Waals surface area contributed by atoms with Gasteiger partial charge in [0.1, 0.15) is 0 Å². The van der Waals surface area contributed by atoms with Gasteiger partial charge in [-0.15, -0.1) is 4.37 Å². The highest BCUT2D eigenvalue weighted by molar-refractivity contribution is 6.99. The van der Waals surface area contributed by atoms with Gasteiger partial charge in [0.25, 0.3) is 5.88 Å². The summed E-state index contributed by atoms with van der Waals surface area (Å²) in [6.45, 7) is 0.525. The first-order chi connectivity index (χ1) is 5.34. The van der Waals surface area contributed by atoms with E-state index in [1.54, 1.807) is 0 Å². The quantitative estimate of drug-likeness (QED) is 0.726. The Bertz CT molecular complexity index is 218. The van der Waals surface area contributed by atoms with E-state index in [1.165, 1.54) is 0 Å². The molecule has 0 spiro atoms. The van der Waals surface area contributed by atoms with Gasteiger partial charge >= 0.3 is 0 Å². The van der Waals surface area contributed by atoms with Gasteiger partial charge in [-0.05, 0) is 0 Å². The summed E-state index contributed by atoms with van der Waals surface area (Å²) in [5, 5.41) is 8.70. The van der Waals surface area contributed by atoms with Crippen molar-refractivity contribution in [2.45, 2.75) is 6.42 Å². The van der Waals surface area contributed by atoms with Gasteiger partial charge in [0, 0.05) is 13.0 Å². The topological polar surface area (TPSA) is 55.2 Å². The molecule has 0 amide bonds. The number of ether oxygens (including phenoxy) is 1. The molecule has 1 N–H and O–H groups in total. The molecule has 0 saturated carbocycles. The molecule has 0 aliphatic carbocycles. The van der Waals surface area contributed by atoms with E-state index >= 15 is 0 Å². The van der Waals surface area contributed by atoms with Crippen LogP contribution < -0.4 is 4.74 Å². The average Bonchev–Trinajstić information content (AvgIpc) is 2.37. The zero-order valence-electron chi connectivity index (χ0n) is 5.66. The largest absolute Gasteiger partial charge is 0.475 e. The van der Waals surface area contributed by atoms with Crippen LogP contribution in [0, 0.1) is 0 Å². The Hall–Kier alpha value is -0.390. The highest BCUT2D eigenvalue weighted by Crippen LogP contribution is 2.20. The molecule has 0 atom stereocenters. The van der Waals surface area contributed by atoms with Gasteiger partial charge in [0.05, 0.1) is 18.3 Å². The van der Waals surface area contributed by atoms with Crippen LogP contribution in [0.25, 0.3) is 0 Å². The van der Waals surface area contributed by atoms with Crippen LogP contribution in [-0.2, 0) is 0 Å². The average molecular weight is 195 g/mol. The number of nitrogens with zero attached hydrogens (tertiary/aromatic N) is 2. The fraction of sp³-hybridized carbons (Fsp3) is 0.600. The van der Waals surface area contributed by atoms with Crippen molar-refractivity contribution in [1.29, 1.82) is 0 Å². The predicted molar refractivity (Wildman–Crippen MR) is 42.1 cm³/mol.